The van der Waals surface area contributed by atoms with Crippen LogP contribution in [0.2, 0.25) is 0 Å². The molecular weight excluding hydrogens is 804 g/mol. The van der Waals surface area contributed by atoms with Crippen LogP contribution in [0.15, 0.2) is 182 Å². The second-order valence-corrected chi connectivity index (χ2v) is 23.5. The molecule has 9 rings (SSSR count). The van der Waals surface area contributed by atoms with Crippen LogP contribution in [-0.4, -0.2) is 5.16 Å². The van der Waals surface area contributed by atoms with E-state index in [1.807, 2.05) is 36.0 Å². The molecule has 2 aromatic heterocycles. The Morgan fingerprint density at radius 2 is 0.667 bits per heavy atom. The van der Waals surface area contributed by atoms with E-state index in [0.29, 0.717) is 12.8 Å². The quantitative estimate of drug-likeness (QED) is 0.0780. The lowest BCUT2D eigenvalue weighted by Gasteiger charge is -2.56. The number of nitrogens with zero attached hydrogens (tertiary/aromatic N) is 2. The minimum atomic E-state index is -3.25. The number of fused-ring (bicyclic) bond motifs is 1. The lowest BCUT2D eigenvalue weighted by molar-refractivity contribution is -0.734. The molecule has 1 saturated carbocycles. The molecule has 1 aliphatic carbocycles. The topological polar surface area (TPSA) is 7.76 Å². The number of rotatable bonds is 9. The summed E-state index contributed by atoms with van der Waals surface area (Å²) in [5.41, 5.74) is 1.83. The molecule has 0 N–H and O–H groups in total. The monoisotopic (exact) mass is 844 g/mol. The molecule has 0 saturated heterocycles. The van der Waals surface area contributed by atoms with E-state index in [2.05, 4.69) is 23.8 Å². The highest BCUT2D eigenvalue weighted by Gasteiger charge is 2.84. The first kappa shape index (κ1) is 39.8. The lowest BCUT2D eigenvalue weighted by Crippen LogP contribution is -2.74. The van der Waals surface area contributed by atoms with Gasteiger partial charge in [-0.1, -0.05) is 0 Å². The molecule has 2 nitrogen and oxygen atoms in total. The van der Waals surface area contributed by atoms with Crippen LogP contribution in [0.5, 0.6) is 0 Å². The van der Waals surface area contributed by atoms with Gasteiger partial charge in [-0.3, -0.25) is 0 Å². The van der Waals surface area contributed by atoms with Crippen LogP contribution >= 0.6 is 14.5 Å². The van der Waals surface area contributed by atoms with Gasteiger partial charge in [0.25, 0.3) is 16.3 Å². The van der Waals surface area contributed by atoms with Crippen molar-refractivity contribution in [3.05, 3.63) is 217 Å². The van der Waals surface area contributed by atoms with Gasteiger partial charge in [-0.2, -0.15) is 9.13 Å². The Labute approximate surface area is 346 Å². The first-order valence-electron chi connectivity index (χ1n) is 19.6. The summed E-state index contributed by atoms with van der Waals surface area (Å²) in [6, 6.07) is 46.7. The standard InChI is InChI=1S/C50H40F6N2P2/c1-49(59(41-19-7-35(51)8-20-41,42-21-9-36(52)10-22-42)43-23-11-37(53)12-24-43)33-50(34-49,58-32-4-5-47-48(58)6-3-31-57(47)2)60(44-25-13-38(54)14-26-44,45-27-15-39(55)16-28-45)46-29-17-40(56)18-30-46/h3-32H,33-34H2,1-2H3/q+4. The summed E-state index contributed by atoms with van der Waals surface area (Å²) in [6.07, 6.45) is 4.87. The molecule has 1 fully saturated rings. The Morgan fingerprint density at radius 3 is 1.00 bits per heavy atom. The Kier molecular flexibility index (Phi) is 10.0. The van der Waals surface area contributed by atoms with E-state index in [-0.39, 0.29) is 0 Å². The summed E-state index contributed by atoms with van der Waals surface area (Å²) in [5.74, 6) is -2.55. The molecule has 0 amide bonds. The van der Waals surface area contributed by atoms with Gasteiger partial charge in [0.15, 0.2) is 19.7 Å². The van der Waals surface area contributed by atoms with Crippen LogP contribution in [0, 0.1) is 34.9 Å². The average Bonchev–Trinajstić information content (AvgIpc) is 3.24. The fourth-order valence-electron chi connectivity index (χ4n) is 10.2. The second kappa shape index (κ2) is 15.1. The van der Waals surface area contributed by atoms with Crippen molar-refractivity contribution in [1.29, 1.82) is 0 Å². The van der Waals surface area contributed by atoms with Crippen molar-refractivity contribution in [1.82, 2.24) is 0 Å². The number of aromatic nitrogens is 2. The van der Waals surface area contributed by atoms with Crippen LogP contribution in [0.3, 0.4) is 0 Å². The predicted octanol–water partition coefficient (Wildman–Crippen LogP) is 8.98. The van der Waals surface area contributed by atoms with Crippen LogP contribution in [0.25, 0.3) is 11.0 Å². The molecule has 8 aromatic rings. The fraction of sp³-hybridized carbons (Fsp3) is 0.120. The molecule has 60 heavy (non-hydrogen) atoms. The van der Waals surface area contributed by atoms with Gasteiger partial charge in [-0.15, -0.1) is 0 Å². The fourth-order valence-corrected chi connectivity index (χ4v) is 21.8. The van der Waals surface area contributed by atoms with E-state index in [4.69, 9.17) is 0 Å². The smallest absolute Gasteiger partial charge is 0.207 e. The van der Waals surface area contributed by atoms with E-state index in [1.54, 1.807) is 72.8 Å². The van der Waals surface area contributed by atoms with Crippen LogP contribution in [0.1, 0.15) is 19.8 Å². The summed E-state index contributed by atoms with van der Waals surface area (Å²) in [6.45, 7) is 2.20. The number of hydrogen-bond donors (Lipinski definition) is 0. The van der Waals surface area contributed by atoms with Crippen molar-refractivity contribution in [2.75, 3.05) is 0 Å². The van der Waals surface area contributed by atoms with E-state index >= 15 is 13.2 Å². The molecule has 1 aliphatic rings. The van der Waals surface area contributed by atoms with E-state index in [0.717, 1.165) is 42.9 Å². The van der Waals surface area contributed by atoms with Crippen LogP contribution in [0.4, 0.5) is 26.3 Å². The third-order valence-electron chi connectivity index (χ3n) is 12.4. The SMILES string of the molecule is C[n+]1cccc2c1ccc[n+]2C1([P+](c2ccc(F)cc2)(c2ccc(F)cc2)c2ccc(F)cc2)CC(C)([P+](c2ccc(F)cc2)(c2ccc(F)cc2)c2ccc(F)cc2)C1. The normalized spacial score (nSPS) is 18.0. The molecular formula is C50H40F6N2P2+4. The maximum atomic E-state index is 15.1. The summed E-state index contributed by atoms with van der Waals surface area (Å²) in [4.78, 5) is 0. The lowest BCUT2D eigenvalue weighted by atomic mass is 9.79. The van der Waals surface area contributed by atoms with Gasteiger partial charge in [-0.05, 0) is 153 Å². The van der Waals surface area contributed by atoms with E-state index in [1.165, 1.54) is 72.8 Å². The number of hydrogen-bond acceptors (Lipinski definition) is 0. The Bertz CT molecular complexity index is 2610. The van der Waals surface area contributed by atoms with Crippen molar-refractivity contribution >= 4 is 57.4 Å². The minimum Gasteiger partial charge on any atom is -0.207 e. The van der Waals surface area contributed by atoms with Crippen molar-refractivity contribution in [2.45, 2.75) is 30.2 Å². The number of aryl methyl sites for hydroxylation is 1. The zero-order chi connectivity index (χ0) is 41.9. The van der Waals surface area contributed by atoms with Crippen molar-refractivity contribution in [2.24, 2.45) is 7.05 Å². The molecule has 0 radical (unpaired) electrons. The average molecular weight is 845 g/mol. The van der Waals surface area contributed by atoms with E-state index < -0.39 is 59.9 Å². The first-order chi connectivity index (χ1) is 28.9. The maximum Gasteiger partial charge on any atom is 0.288 e. The van der Waals surface area contributed by atoms with Gasteiger partial charge in [0.1, 0.15) is 86.2 Å². The van der Waals surface area contributed by atoms with Crippen molar-refractivity contribution < 1.29 is 35.5 Å². The highest BCUT2D eigenvalue weighted by molar-refractivity contribution is 7.98. The summed E-state index contributed by atoms with van der Waals surface area (Å²) < 4.78 is 94.5. The molecule has 0 atom stereocenters. The number of benzene rings is 6. The molecule has 6 aromatic carbocycles. The zero-order valence-corrected chi connectivity index (χ0v) is 34.6. The van der Waals surface area contributed by atoms with Gasteiger partial charge in [0, 0.05) is 24.3 Å². The van der Waals surface area contributed by atoms with Gasteiger partial charge in [0.05, 0.1) is 12.8 Å². The van der Waals surface area contributed by atoms with Gasteiger partial charge in [-0.25, -0.2) is 26.3 Å². The summed E-state index contributed by atoms with van der Waals surface area (Å²) >= 11 is 0. The van der Waals surface area contributed by atoms with Crippen molar-refractivity contribution in [3.63, 3.8) is 0 Å². The predicted molar refractivity (Wildman–Crippen MR) is 231 cm³/mol. The van der Waals surface area contributed by atoms with Crippen molar-refractivity contribution in [3.8, 4) is 0 Å². The third kappa shape index (κ3) is 6.10. The number of pyridine rings is 2. The summed E-state index contributed by atoms with van der Waals surface area (Å²) in [7, 11) is -4.32. The first-order valence-corrected chi connectivity index (χ1v) is 23.1. The highest BCUT2D eigenvalue weighted by atomic mass is 31.2. The van der Waals surface area contributed by atoms with Gasteiger partial charge < -0.3 is 0 Å². The van der Waals surface area contributed by atoms with E-state index in [9.17, 15) is 13.2 Å². The maximum absolute atomic E-state index is 15.1. The minimum absolute atomic E-state index is 0.419. The highest BCUT2D eigenvalue weighted by Crippen LogP contribution is 2.83. The largest absolute Gasteiger partial charge is 0.288 e. The summed E-state index contributed by atoms with van der Waals surface area (Å²) in [5, 5.41) is 3.19. The molecule has 0 aliphatic heterocycles. The zero-order valence-electron chi connectivity index (χ0n) is 32.8. The molecule has 0 bridgehead atoms. The third-order valence-corrected chi connectivity index (χ3v) is 22.6. The van der Waals surface area contributed by atoms with Crippen LogP contribution < -0.4 is 41.0 Å². The Morgan fingerprint density at radius 1 is 0.383 bits per heavy atom. The Hall–Kier alpha value is -5.68. The van der Waals surface area contributed by atoms with Gasteiger partial charge in [0.2, 0.25) is 0 Å². The number of halogens is 6. The molecule has 0 spiro atoms. The molecule has 0 unspecified atom stereocenters. The molecule has 298 valence electrons. The van der Waals surface area contributed by atoms with Gasteiger partial charge >= 0.3 is 0 Å². The molecule has 2 heterocycles. The second-order valence-electron chi connectivity index (χ2n) is 15.8. The van der Waals surface area contributed by atoms with Crippen LogP contribution in [-0.2, 0) is 12.3 Å². The Balaban J connectivity index is 1.45. The molecule has 10 heteroatoms.